The van der Waals surface area contributed by atoms with E-state index >= 15 is 0 Å². The summed E-state index contributed by atoms with van der Waals surface area (Å²) >= 11 is 5.96. The molecule has 0 amide bonds. The summed E-state index contributed by atoms with van der Waals surface area (Å²) in [5.74, 6) is -1.72. The average Bonchev–Trinajstić information content (AvgIpc) is 2.38. The molecule has 0 aliphatic rings. The number of nitrogens with zero attached hydrogens (tertiary/aromatic N) is 1. The smallest absolute Gasteiger partial charge is 0.228 e. The molecule has 4 nitrogen and oxygen atoms in total. The van der Waals surface area contributed by atoms with Gasteiger partial charge in [-0.2, -0.15) is 0 Å². The largest absolute Gasteiger partial charge is 0.545 e. The third-order valence-corrected chi connectivity index (χ3v) is 3.29. The Hall–Kier alpha value is -2.14. The monoisotopic (exact) mass is 294 g/mol. The van der Waals surface area contributed by atoms with Gasteiger partial charge in [0.1, 0.15) is 11.6 Å². The van der Waals surface area contributed by atoms with Crippen LogP contribution in [0.4, 0.5) is 4.39 Å². The fourth-order valence-corrected chi connectivity index (χ4v) is 1.86. The zero-order valence-corrected chi connectivity index (χ0v) is 11.5. The van der Waals surface area contributed by atoms with Gasteiger partial charge in [-0.25, -0.2) is 9.37 Å². The molecule has 0 aliphatic carbocycles. The summed E-state index contributed by atoms with van der Waals surface area (Å²) in [7, 11) is 0. The molecule has 0 fully saturated rings. The van der Waals surface area contributed by atoms with Gasteiger partial charge in [-0.1, -0.05) is 11.6 Å². The lowest BCUT2D eigenvalue weighted by molar-refractivity contribution is -0.255. The van der Waals surface area contributed by atoms with Gasteiger partial charge in [0.25, 0.3) is 0 Å². The van der Waals surface area contributed by atoms with Gasteiger partial charge >= 0.3 is 0 Å². The Bertz CT molecular complexity index is 671. The third kappa shape index (κ3) is 2.72. The number of halogens is 2. The van der Waals surface area contributed by atoms with Crippen LogP contribution in [0.5, 0.6) is 11.6 Å². The quantitative estimate of drug-likeness (QED) is 0.873. The highest BCUT2D eigenvalue weighted by atomic mass is 35.5. The van der Waals surface area contributed by atoms with Crippen molar-refractivity contribution < 1.29 is 19.0 Å². The number of aromatic carboxylic acids is 1. The summed E-state index contributed by atoms with van der Waals surface area (Å²) in [6.07, 6.45) is 0. The molecular weight excluding hydrogens is 285 g/mol. The normalized spacial score (nSPS) is 10.4. The molecular formula is C14H10ClFNO3-. The number of benzene rings is 1. The van der Waals surface area contributed by atoms with E-state index in [1.165, 1.54) is 24.3 Å². The Labute approximate surface area is 119 Å². The molecule has 20 heavy (non-hydrogen) atoms. The maximum atomic E-state index is 12.8. The fourth-order valence-electron chi connectivity index (χ4n) is 1.73. The fraction of sp³-hybridized carbons (Fsp3) is 0.143. The maximum absolute atomic E-state index is 12.8. The number of ether oxygens (including phenoxy) is 1. The van der Waals surface area contributed by atoms with Crippen LogP contribution in [0, 0.1) is 19.7 Å². The van der Waals surface area contributed by atoms with E-state index in [1.807, 2.05) is 0 Å². The molecule has 0 N–H and O–H groups in total. The molecule has 0 unspecified atom stereocenters. The molecule has 2 rings (SSSR count). The molecule has 0 aliphatic heterocycles. The second-order valence-electron chi connectivity index (χ2n) is 4.16. The number of carboxylic acid groups (broad SMARTS) is 1. The molecule has 0 saturated carbocycles. The van der Waals surface area contributed by atoms with Crippen LogP contribution in [0.3, 0.4) is 0 Å². The van der Waals surface area contributed by atoms with Gasteiger partial charge in [0.15, 0.2) is 0 Å². The van der Waals surface area contributed by atoms with Gasteiger partial charge in [-0.05, 0) is 43.7 Å². The van der Waals surface area contributed by atoms with E-state index in [1.54, 1.807) is 13.8 Å². The van der Waals surface area contributed by atoms with E-state index in [2.05, 4.69) is 4.98 Å². The summed E-state index contributed by atoms with van der Waals surface area (Å²) in [5.41, 5.74) is 0.535. The molecule has 6 heteroatoms. The first-order valence-corrected chi connectivity index (χ1v) is 6.09. The van der Waals surface area contributed by atoms with Crippen molar-refractivity contribution in [1.29, 1.82) is 0 Å². The minimum absolute atomic E-state index is 0.129. The summed E-state index contributed by atoms with van der Waals surface area (Å²) in [4.78, 5) is 15.2. The first-order valence-electron chi connectivity index (χ1n) is 5.71. The van der Waals surface area contributed by atoms with Crippen LogP contribution >= 0.6 is 11.6 Å². The SMILES string of the molecule is Cc1nc(Oc2ccc(F)cc2)c(C(=O)[O-])c(C)c1Cl. The molecule has 0 saturated heterocycles. The Morgan fingerprint density at radius 3 is 2.45 bits per heavy atom. The zero-order chi connectivity index (χ0) is 14.9. The van der Waals surface area contributed by atoms with E-state index in [0.29, 0.717) is 11.3 Å². The Kier molecular flexibility index (Phi) is 3.90. The number of carbonyl (C=O) groups excluding carboxylic acids is 1. The van der Waals surface area contributed by atoms with Gasteiger partial charge in [-0.3, -0.25) is 0 Å². The third-order valence-electron chi connectivity index (χ3n) is 2.74. The van der Waals surface area contributed by atoms with Crippen molar-refractivity contribution in [1.82, 2.24) is 4.98 Å². The highest BCUT2D eigenvalue weighted by molar-refractivity contribution is 6.32. The summed E-state index contributed by atoms with van der Waals surface area (Å²) in [6.45, 7) is 3.17. The van der Waals surface area contributed by atoms with Crippen LogP contribution in [0.1, 0.15) is 21.6 Å². The van der Waals surface area contributed by atoms with Crippen molar-refractivity contribution in [2.75, 3.05) is 0 Å². The second-order valence-corrected chi connectivity index (χ2v) is 4.54. The van der Waals surface area contributed by atoms with E-state index in [-0.39, 0.29) is 22.2 Å². The van der Waals surface area contributed by atoms with Crippen molar-refractivity contribution in [3.05, 3.63) is 51.9 Å². The Morgan fingerprint density at radius 1 is 1.30 bits per heavy atom. The first kappa shape index (κ1) is 14.3. The Balaban J connectivity index is 2.50. The highest BCUT2D eigenvalue weighted by Crippen LogP contribution is 2.31. The number of rotatable bonds is 3. The topological polar surface area (TPSA) is 62.2 Å². The number of hydrogen-bond acceptors (Lipinski definition) is 4. The molecule has 0 bridgehead atoms. The molecule has 0 radical (unpaired) electrons. The molecule has 2 aromatic rings. The second kappa shape index (κ2) is 5.46. The number of aryl methyl sites for hydroxylation is 1. The van der Waals surface area contributed by atoms with Crippen LogP contribution in [0.2, 0.25) is 5.02 Å². The number of pyridine rings is 1. The lowest BCUT2D eigenvalue weighted by Gasteiger charge is -2.15. The van der Waals surface area contributed by atoms with Crippen molar-refractivity contribution in [2.24, 2.45) is 0 Å². The molecule has 0 spiro atoms. The zero-order valence-electron chi connectivity index (χ0n) is 10.7. The number of aromatic nitrogens is 1. The highest BCUT2D eigenvalue weighted by Gasteiger charge is 2.16. The van der Waals surface area contributed by atoms with Gasteiger partial charge in [0.2, 0.25) is 5.88 Å². The maximum Gasteiger partial charge on any atom is 0.228 e. The van der Waals surface area contributed by atoms with E-state index < -0.39 is 11.8 Å². The van der Waals surface area contributed by atoms with Crippen molar-refractivity contribution in [3.63, 3.8) is 0 Å². The molecule has 1 aromatic carbocycles. The minimum atomic E-state index is -1.44. The van der Waals surface area contributed by atoms with E-state index in [9.17, 15) is 14.3 Å². The number of hydrogen-bond donors (Lipinski definition) is 0. The van der Waals surface area contributed by atoms with E-state index in [4.69, 9.17) is 16.3 Å². The summed E-state index contributed by atoms with van der Waals surface area (Å²) in [5, 5.41) is 11.4. The van der Waals surface area contributed by atoms with Crippen LogP contribution in [0.15, 0.2) is 24.3 Å². The average molecular weight is 295 g/mol. The number of carbonyl (C=O) groups is 1. The van der Waals surface area contributed by atoms with Crippen molar-refractivity contribution >= 4 is 17.6 Å². The minimum Gasteiger partial charge on any atom is -0.545 e. The summed E-state index contributed by atoms with van der Waals surface area (Å²) < 4.78 is 18.2. The van der Waals surface area contributed by atoms with E-state index in [0.717, 1.165) is 0 Å². The van der Waals surface area contributed by atoms with Crippen LogP contribution in [-0.4, -0.2) is 11.0 Å². The summed E-state index contributed by atoms with van der Waals surface area (Å²) in [6, 6.07) is 5.14. The molecule has 0 atom stereocenters. The van der Waals surface area contributed by atoms with Gasteiger partial charge < -0.3 is 14.6 Å². The standard InChI is InChI=1S/C14H11ClFNO3/c1-7-11(14(18)19)13(17-8(2)12(7)15)20-10-5-3-9(16)4-6-10/h3-6H,1-2H3,(H,18,19)/p-1. The lowest BCUT2D eigenvalue weighted by atomic mass is 10.1. The van der Waals surface area contributed by atoms with Gasteiger partial charge in [-0.15, -0.1) is 0 Å². The van der Waals surface area contributed by atoms with Crippen LogP contribution in [0.25, 0.3) is 0 Å². The molecule has 1 heterocycles. The lowest BCUT2D eigenvalue weighted by Crippen LogP contribution is -2.24. The van der Waals surface area contributed by atoms with Crippen LogP contribution in [-0.2, 0) is 0 Å². The molecule has 104 valence electrons. The van der Waals surface area contributed by atoms with Gasteiger partial charge in [0.05, 0.1) is 22.2 Å². The molecule has 1 aromatic heterocycles. The van der Waals surface area contributed by atoms with Crippen LogP contribution < -0.4 is 9.84 Å². The Morgan fingerprint density at radius 2 is 1.90 bits per heavy atom. The predicted molar refractivity (Wildman–Crippen MR) is 69.5 cm³/mol. The van der Waals surface area contributed by atoms with Crippen molar-refractivity contribution in [2.45, 2.75) is 13.8 Å². The first-order chi connectivity index (χ1) is 9.40. The van der Waals surface area contributed by atoms with Crippen molar-refractivity contribution in [3.8, 4) is 11.6 Å². The van der Waals surface area contributed by atoms with Gasteiger partial charge in [0, 0.05) is 0 Å². The predicted octanol–water partition coefficient (Wildman–Crippen LogP) is 2.65. The number of carboxylic acids is 1.